The molecule has 5 nitrogen and oxygen atoms in total. The molecule has 0 atom stereocenters. The Morgan fingerprint density at radius 1 is 1.47 bits per heavy atom. The van der Waals surface area contributed by atoms with Crippen molar-refractivity contribution in [3.63, 3.8) is 0 Å². The number of aliphatic carboxylic acids is 1. The molecule has 0 bridgehead atoms. The average Bonchev–Trinajstić information content (AvgIpc) is 2.59. The van der Waals surface area contributed by atoms with E-state index in [9.17, 15) is 22.8 Å². The molecule has 1 aliphatic carbocycles. The van der Waals surface area contributed by atoms with E-state index < -0.39 is 23.3 Å². The highest BCUT2D eigenvalue weighted by molar-refractivity contribution is 6.01. The van der Waals surface area contributed by atoms with Gasteiger partial charge >= 0.3 is 12.1 Å². The summed E-state index contributed by atoms with van der Waals surface area (Å²) in [4.78, 5) is 21.9. The van der Waals surface area contributed by atoms with Gasteiger partial charge in [0.1, 0.15) is 11.2 Å². The molecule has 1 aliphatic rings. The van der Waals surface area contributed by atoms with Crippen molar-refractivity contribution in [2.24, 2.45) is 0 Å². The van der Waals surface area contributed by atoms with Crippen molar-refractivity contribution in [2.75, 3.05) is 0 Å². The van der Waals surface area contributed by atoms with Gasteiger partial charge in [-0.15, -0.1) is 0 Å². The summed E-state index contributed by atoms with van der Waals surface area (Å²) in [5, 5.41) is 14.1. The molecule has 1 saturated carbocycles. The van der Waals surface area contributed by atoms with Crippen LogP contribution >= 0.6 is 0 Å². The van der Waals surface area contributed by atoms with E-state index in [0.717, 1.165) is 0 Å². The van der Waals surface area contributed by atoms with Crippen LogP contribution in [0, 0.1) is 0 Å². The minimum atomic E-state index is -4.64. The Morgan fingerprint density at radius 3 is 2.41 bits per heavy atom. The summed E-state index contributed by atoms with van der Waals surface area (Å²) in [7, 11) is 0. The molecule has 0 amide bonds. The Hall–Kier alpha value is -1.86. The van der Waals surface area contributed by atoms with E-state index in [0.29, 0.717) is 6.07 Å². The van der Waals surface area contributed by atoms with Crippen LogP contribution in [0.5, 0.6) is 0 Å². The molecule has 0 spiro atoms. The second-order valence-electron chi connectivity index (χ2n) is 3.94. The molecule has 2 N–H and O–H groups in total. The molecular weight excluding hydrogens is 241 g/mol. The van der Waals surface area contributed by atoms with Crippen molar-refractivity contribution < 1.29 is 27.9 Å². The van der Waals surface area contributed by atoms with E-state index in [-0.39, 0.29) is 24.3 Å². The van der Waals surface area contributed by atoms with E-state index in [4.69, 9.17) is 5.11 Å². The van der Waals surface area contributed by atoms with Crippen molar-refractivity contribution in [2.45, 2.75) is 24.4 Å². The van der Waals surface area contributed by atoms with Crippen LogP contribution in [-0.2, 0) is 21.2 Å². The standard InChI is InChI=1S/C9H7F3N2O3/c10-9(11,12)6-1-5(13-14-6)8(7(16)17)2-4(15)3-8/h1H,2-3H2,(H,13,14)(H,16,17). The Bertz CT molecular complexity index is 484. The predicted octanol–water partition coefficient (Wildman–Crippen LogP) is 1.11. The smallest absolute Gasteiger partial charge is 0.435 e. The van der Waals surface area contributed by atoms with Crippen molar-refractivity contribution in [3.05, 3.63) is 17.5 Å². The lowest BCUT2D eigenvalue weighted by Crippen LogP contribution is -2.48. The van der Waals surface area contributed by atoms with E-state index in [2.05, 4.69) is 10.2 Å². The third-order valence-electron chi connectivity index (χ3n) is 2.79. The molecule has 17 heavy (non-hydrogen) atoms. The third-order valence-corrected chi connectivity index (χ3v) is 2.79. The van der Waals surface area contributed by atoms with Gasteiger partial charge in [0.2, 0.25) is 0 Å². The van der Waals surface area contributed by atoms with Crippen LogP contribution in [0.3, 0.4) is 0 Å². The zero-order chi connectivity index (χ0) is 12.8. The van der Waals surface area contributed by atoms with Crippen LogP contribution < -0.4 is 0 Å². The maximum atomic E-state index is 12.3. The van der Waals surface area contributed by atoms with Crippen molar-refractivity contribution >= 4 is 11.8 Å². The quantitative estimate of drug-likeness (QED) is 0.821. The molecule has 1 fully saturated rings. The molecule has 92 valence electrons. The number of alkyl halides is 3. The number of Topliss-reactive ketones (excluding diaryl/α,β-unsaturated/α-hetero) is 1. The maximum absolute atomic E-state index is 12.3. The number of H-pyrrole nitrogens is 1. The lowest BCUT2D eigenvalue weighted by Gasteiger charge is -2.34. The maximum Gasteiger partial charge on any atom is 0.435 e. The molecule has 0 aliphatic heterocycles. The van der Waals surface area contributed by atoms with E-state index >= 15 is 0 Å². The fourth-order valence-electron chi connectivity index (χ4n) is 1.79. The number of nitrogens with zero attached hydrogens (tertiary/aromatic N) is 1. The van der Waals surface area contributed by atoms with Gasteiger partial charge in [-0.05, 0) is 6.07 Å². The van der Waals surface area contributed by atoms with E-state index in [1.807, 2.05) is 0 Å². The molecule has 0 radical (unpaired) electrons. The van der Waals surface area contributed by atoms with Crippen molar-refractivity contribution in [1.82, 2.24) is 10.2 Å². The molecule has 1 heterocycles. The lowest BCUT2D eigenvalue weighted by atomic mass is 9.66. The van der Waals surface area contributed by atoms with Crippen LogP contribution in [0.4, 0.5) is 13.2 Å². The first-order chi connectivity index (χ1) is 7.75. The van der Waals surface area contributed by atoms with E-state index in [1.165, 1.54) is 0 Å². The molecule has 2 rings (SSSR count). The predicted molar refractivity (Wildman–Crippen MR) is 47.1 cm³/mol. The van der Waals surface area contributed by atoms with Crippen LogP contribution in [0.25, 0.3) is 0 Å². The monoisotopic (exact) mass is 248 g/mol. The van der Waals surface area contributed by atoms with Gasteiger partial charge in [0.25, 0.3) is 0 Å². The lowest BCUT2D eigenvalue weighted by molar-refractivity contribution is -0.153. The number of halogens is 3. The minimum Gasteiger partial charge on any atom is -0.481 e. The zero-order valence-corrected chi connectivity index (χ0v) is 8.34. The minimum absolute atomic E-state index is 0.183. The molecule has 1 aromatic heterocycles. The summed E-state index contributed by atoms with van der Waals surface area (Å²) in [5.74, 6) is -1.62. The van der Waals surface area contributed by atoms with Crippen LogP contribution in [0.2, 0.25) is 0 Å². The molecule has 0 saturated heterocycles. The first-order valence-electron chi connectivity index (χ1n) is 4.64. The van der Waals surface area contributed by atoms with Gasteiger partial charge in [-0.1, -0.05) is 0 Å². The van der Waals surface area contributed by atoms with Gasteiger partial charge in [0.05, 0.1) is 5.69 Å². The number of rotatable bonds is 2. The third kappa shape index (κ3) is 1.69. The van der Waals surface area contributed by atoms with Gasteiger partial charge in [0, 0.05) is 12.8 Å². The number of ketones is 1. The average molecular weight is 248 g/mol. The first-order valence-corrected chi connectivity index (χ1v) is 4.64. The zero-order valence-electron chi connectivity index (χ0n) is 8.34. The number of aromatic nitrogens is 2. The second kappa shape index (κ2) is 3.31. The van der Waals surface area contributed by atoms with Gasteiger partial charge in [-0.25, -0.2) is 0 Å². The number of carboxylic acid groups (broad SMARTS) is 1. The Kier molecular flexibility index (Phi) is 2.27. The van der Waals surface area contributed by atoms with Gasteiger partial charge < -0.3 is 5.11 Å². The van der Waals surface area contributed by atoms with Crippen molar-refractivity contribution in [3.8, 4) is 0 Å². The summed E-state index contributed by atoms with van der Waals surface area (Å²) in [6, 6.07) is 0.639. The SMILES string of the molecule is O=C1CC(C(=O)O)(c2cc(C(F)(F)F)n[nH]2)C1. The highest BCUT2D eigenvalue weighted by Gasteiger charge is 2.53. The molecular formula is C9H7F3N2O3. The summed E-state index contributed by atoms with van der Waals surface area (Å²) < 4.78 is 36.9. The summed E-state index contributed by atoms with van der Waals surface area (Å²) in [6.45, 7) is 0. The first kappa shape index (κ1) is 11.6. The number of aromatic amines is 1. The highest BCUT2D eigenvalue weighted by Crippen LogP contribution is 2.42. The molecule has 8 heteroatoms. The number of carbonyl (C=O) groups excluding carboxylic acids is 1. The molecule has 0 aromatic carbocycles. The number of nitrogens with one attached hydrogen (secondary N) is 1. The number of carboxylic acids is 1. The van der Waals surface area contributed by atoms with Crippen LogP contribution in [0.15, 0.2) is 6.07 Å². The number of hydrogen-bond donors (Lipinski definition) is 2. The Balaban J connectivity index is 2.37. The summed E-state index contributed by atoms with van der Waals surface area (Å²) in [5.41, 5.74) is -2.95. The fraction of sp³-hybridized carbons (Fsp3) is 0.444. The summed E-state index contributed by atoms with van der Waals surface area (Å²) in [6.07, 6.45) is -5.24. The normalized spacial score (nSPS) is 18.9. The molecule has 1 aromatic rings. The largest absolute Gasteiger partial charge is 0.481 e. The number of carbonyl (C=O) groups is 2. The van der Waals surface area contributed by atoms with Crippen molar-refractivity contribution in [1.29, 1.82) is 0 Å². The van der Waals surface area contributed by atoms with Crippen LogP contribution in [-0.4, -0.2) is 27.1 Å². The topological polar surface area (TPSA) is 83.1 Å². The second-order valence-corrected chi connectivity index (χ2v) is 3.94. The van der Waals surface area contributed by atoms with Crippen LogP contribution in [0.1, 0.15) is 24.2 Å². The fourth-order valence-corrected chi connectivity index (χ4v) is 1.79. The van der Waals surface area contributed by atoms with E-state index in [1.54, 1.807) is 0 Å². The summed E-state index contributed by atoms with van der Waals surface area (Å²) >= 11 is 0. The Labute approximate surface area is 92.6 Å². The van der Waals surface area contributed by atoms with Gasteiger partial charge in [0.15, 0.2) is 5.69 Å². The Morgan fingerprint density at radius 2 is 2.06 bits per heavy atom. The highest BCUT2D eigenvalue weighted by atomic mass is 19.4. The van der Waals surface area contributed by atoms with Gasteiger partial charge in [-0.3, -0.25) is 14.7 Å². The van der Waals surface area contributed by atoms with Gasteiger partial charge in [-0.2, -0.15) is 18.3 Å². The molecule has 0 unspecified atom stereocenters. The number of hydrogen-bond acceptors (Lipinski definition) is 3.